The lowest BCUT2D eigenvalue weighted by Crippen LogP contribution is -2.27. The van der Waals surface area contributed by atoms with Crippen LogP contribution in [0.3, 0.4) is 0 Å². The Kier molecular flexibility index (Phi) is 8.17. The molecule has 45 heavy (non-hydrogen) atoms. The fourth-order valence-corrected chi connectivity index (χ4v) is 6.99. The van der Waals surface area contributed by atoms with Crippen molar-refractivity contribution in [3.63, 3.8) is 0 Å². The smallest absolute Gasteiger partial charge is 0.297 e. The Hall–Kier alpha value is -4.08. The van der Waals surface area contributed by atoms with Gasteiger partial charge in [0, 0.05) is 29.1 Å². The number of carbonyl (C=O) groups is 1. The SMILES string of the molecule is CN(c1ccc2c(c1)C=C(S(=O)(=O)O)/C(=N\Nc1ccc3c(S(=O)(=O)O)cccc3c1S(=O)(=O)O)C2=O)c1nc(Cl)nc(Cl)n1. The predicted molar refractivity (Wildman–Crippen MR) is 163 cm³/mol. The number of hydrogen-bond acceptors (Lipinski definition) is 13. The third kappa shape index (κ3) is 6.37. The van der Waals surface area contributed by atoms with Gasteiger partial charge in [-0.25, -0.2) is 0 Å². The van der Waals surface area contributed by atoms with Gasteiger partial charge in [-0.1, -0.05) is 18.2 Å². The number of hydrazone groups is 1. The number of ketones is 1. The molecule has 5 rings (SSSR count). The van der Waals surface area contributed by atoms with Gasteiger partial charge >= 0.3 is 0 Å². The van der Waals surface area contributed by atoms with Crippen molar-refractivity contribution in [2.75, 3.05) is 17.4 Å². The van der Waals surface area contributed by atoms with E-state index in [1.165, 1.54) is 30.1 Å². The molecule has 0 fully saturated rings. The molecular weight excluding hydrogens is 699 g/mol. The molecule has 1 aliphatic carbocycles. The molecule has 3 aromatic carbocycles. The summed E-state index contributed by atoms with van der Waals surface area (Å²) in [4.78, 5) is 23.9. The van der Waals surface area contributed by atoms with E-state index < -0.39 is 62.2 Å². The number of halogens is 2. The van der Waals surface area contributed by atoms with Crippen LogP contribution in [0.1, 0.15) is 15.9 Å². The normalized spacial score (nSPS) is 14.8. The summed E-state index contributed by atoms with van der Waals surface area (Å²) in [6.45, 7) is 0. The molecule has 4 N–H and O–H groups in total. The van der Waals surface area contributed by atoms with Crippen LogP contribution in [0.2, 0.25) is 10.6 Å². The van der Waals surface area contributed by atoms with Crippen molar-refractivity contribution in [3.8, 4) is 0 Å². The van der Waals surface area contributed by atoms with E-state index in [0.29, 0.717) is 5.69 Å². The van der Waals surface area contributed by atoms with Crippen LogP contribution >= 0.6 is 23.2 Å². The van der Waals surface area contributed by atoms with Crippen LogP contribution < -0.4 is 10.3 Å². The monoisotopic (exact) mass is 714 g/mol. The second kappa shape index (κ2) is 11.4. The van der Waals surface area contributed by atoms with Gasteiger partial charge in [0.15, 0.2) is 5.71 Å². The summed E-state index contributed by atoms with van der Waals surface area (Å²) in [6.07, 6.45) is 0.944. The molecule has 16 nitrogen and oxygen atoms in total. The molecule has 1 aromatic heterocycles. The fourth-order valence-electron chi connectivity index (χ4n) is 4.43. The molecule has 4 aromatic rings. The number of rotatable bonds is 7. The molecule has 0 atom stereocenters. The number of nitrogens with one attached hydrogen (secondary N) is 1. The lowest BCUT2D eigenvalue weighted by molar-refractivity contribution is 0.106. The molecule has 0 saturated carbocycles. The van der Waals surface area contributed by atoms with Crippen molar-refractivity contribution in [2.45, 2.75) is 9.79 Å². The van der Waals surface area contributed by atoms with Gasteiger partial charge in [-0.2, -0.15) is 45.3 Å². The maximum atomic E-state index is 13.5. The van der Waals surface area contributed by atoms with Gasteiger partial charge in [-0.15, -0.1) is 0 Å². The number of anilines is 3. The Bertz CT molecular complexity index is 2330. The molecule has 1 aliphatic rings. The number of aromatic nitrogens is 3. The number of benzene rings is 3. The highest BCUT2D eigenvalue weighted by atomic mass is 35.5. The Morgan fingerprint density at radius 3 is 2.09 bits per heavy atom. The van der Waals surface area contributed by atoms with E-state index in [9.17, 15) is 43.7 Å². The van der Waals surface area contributed by atoms with Crippen LogP contribution in [0.4, 0.5) is 17.3 Å². The molecule has 234 valence electrons. The average molecular weight is 716 g/mol. The molecule has 0 spiro atoms. The third-order valence-electron chi connectivity index (χ3n) is 6.35. The Morgan fingerprint density at radius 2 is 1.49 bits per heavy atom. The van der Waals surface area contributed by atoms with E-state index in [1.807, 2.05) is 0 Å². The second-order valence-corrected chi connectivity index (χ2v) is 13.9. The summed E-state index contributed by atoms with van der Waals surface area (Å²) in [5, 5.41) is 2.72. The lowest BCUT2D eigenvalue weighted by Gasteiger charge is -2.21. The van der Waals surface area contributed by atoms with Gasteiger partial charge in [0.05, 0.1) is 5.69 Å². The molecule has 0 amide bonds. The molecule has 21 heteroatoms. The molecule has 0 bridgehead atoms. The maximum absolute atomic E-state index is 13.5. The van der Waals surface area contributed by atoms with Crippen LogP contribution in [-0.4, -0.2) is 72.4 Å². The van der Waals surface area contributed by atoms with Crippen LogP contribution in [0, 0.1) is 0 Å². The predicted octanol–water partition coefficient (Wildman–Crippen LogP) is 3.49. The van der Waals surface area contributed by atoms with E-state index in [0.717, 1.165) is 36.4 Å². The van der Waals surface area contributed by atoms with E-state index in [-0.39, 0.29) is 38.4 Å². The quantitative estimate of drug-likeness (QED) is 0.158. The number of nitrogens with zero attached hydrogens (tertiary/aromatic N) is 5. The minimum atomic E-state index is -5.13. The minimum Gasteiger partial charge on any atom is -0.313 e. The topological polar surface area (TPSA) is 246 Å². The zero-order valence-electron chi connectivity index (χ0n) is 22.1. The molecule has 0 unspecified atom stereocenters. The van der Waals surface area contributed by atoms with Gasteiger partial charge in [0.25, 0.3) is 30.4 Å². The maximum Gasteiger partial charge on any atom is 0.297 e. The lowest BCUT2D eigenvalue weighted by atomic mass is 9.94. The van der Waals surface area contributed by atoms with Gasteiger partial charge in [-0.05, 0) is 65.2 Å². The van der Waals surface area contributed by atoms with Crippen LogP contribution in [0.5, 0.6) is 0 Å². The van der Waals surface area contributed by atoms with E-state index in [2.05, 4.69) is 25.5 Å². The Balaban J connectivity index is 1.62. The van der Waals surface area contributed by atoms with E-state index >= 15 is 0 Å². The van der Waals surface area contributed by atoms with Gasteiger partial charge in [0.2, 0.25) is 22.3 Å². The zero-order chi connectivity index (χ0) is 33.1. The first-order valence-corrected chi connectivity index (χ1v) is 17.0. The highest BCUT2D eigenvalue weighted by Crippen LogP contribution is 2.35. The average Bonchev–Trinajstić information content (AvgIpc) is 2.93. The largest absolute Gasteiger partial charge is 0.313 e. The molecular formula is C24H16Cl2N6O10S3. The summed E-state index contributed by atoms with van der Waals surface area (Å²) in [6, 6.07) is 9.42. The fraction of sp³-hybridized carbons (Fsp3) is 0.0417. The van der Waals surface area contributed by atoms with E-state index in [4.69, 9.17) is 23.2 Å². The van der Waals surface area contributed by atoms with E-state index in [1.54, 1.807) is 0 Å². The number of allylic oxidation sites excluding steroid dienone is 1. The first kappa shape index (κ1) is 32.3. The summed E-state index contributed by atoms with van der Waals surface area (Å²) in [5.74, 6) is -0.989. The van der Waals surface area contributed by atoms with Gasteiger partial charge < -0.3 is 4.90 Å². The zero-order valence-corrected chi connectivity index (χ0v) is 26.1. The summed E-state index contributed by atoms with van der Waals surface area (Å²) >= 11 is 11.7. The molecule has 0 saturated heterocycles. The van der Waals surface area contributed by atoms with Crippen molar-refractivity contribution in [3.05, 3.63) is 75.1 Å². The van der Waals surface area contributed by atoms with Gasteiger partial charge in [-0.3, -0.25) is 23.9 Å². The molecule has 0 radical (unpaired) electrons. The standard InChI is InChI=1S/C24H16Cl2N6O10S3/c1-32(24-28-22(25)27-23(26)29-24)12-5-6-13-11(9-12)10-18(44(37,38)39)19(20(13)33)31-30-16-8-7-14-15(21(16)45(40,41)42)3-2-4-17(14)43(34,35)36/h2-10,30H,1H3,(H,34,35,36)(H,37,38,39)(H,40,41,42)/b31-19+. The summed E-state index contributed by atoms with van der Waals surface area (Å²) in [7, 11) is -13.5. The van der Waals surface area contributed by atoms with Crippen LogP contribution in [-0.2, 0) is 30.4 Å². The molecule has 0 aliphatic heterocycles. The highest BCUT2D eigenvalue weighted by Gasteiger charge is 2.34. The Morgan fingerprint density at radius 1 is 0.822 bits per heavy atom. The van der Waals surface area contributed by atoms with Crippen molar-refractivity contribution in [1.29, 1.82) is 0 Å². The Labute approximate surface area is 264 Å². The van der Waals surface area contributed by atoms with Crippen molar-refractivity contribution in [2.24, 2.45) is 5.10 Å². The third-order valence-corrected chi connectivity index (χ3v) is 9.42. The van der Waals surface area contributed by atoms with Crippen molar-refractivity contribution in [1.82, 2.24) is 15.0 Å². The summed E-state index contributed by atoms with van der Waals surface area (Å²) < 4.78 is 103. The number of fused-ring (bicyclic) bond motifs is 2. The first-order valence-electron chi connectivity index (χ1n) is 11.9. The number of Topliss-reactive ketones (excluding diaryl/α,β-unsaturated/α-hetero) is 1. The number of carbonyl (C=O) groups excluding carboxylic acids is 1. The van der Waals surface area contributed by atoms with Crippen LogP contribution in [0.25, 0.3) is 16.8 Å². The van der Waals surface area contributed by atoms with Gasteiger partial charge in [0.1, 0.15) is 14.7 Å². The van der Waals surface area contributed by atoms with Crippen molar-refractivity contribution >= 4 is 99.2 Å². The summed E-state index contributed by atoms with van der Waals surface area (Å²) in [5.41, 5.74) is 1.14. The first-order chi connectivity index (χ1) is 20.9. The minimum absolute atomic E-state index is 0.0150. The molecule has 1 heterocycles. The highest BCUT2D eigenvalue weighted by molar-refractivity contribution is 7.91. The number of hydrogen-bond donors (Lipinski definition) is 4. The van der Waals surface area contributed by atoms with Crippen molar-refractivity contribution < 1.29 is 43.7 Å². The second-order valence-electron chi connectivity index (χ2n) is 9.13. The van der Waals surface area contributed by atoms with Crippen LogP contribution in [0.15, 0.2) is 68.3 Å².